The van der Waals surface area contributed by atoms with E-state index in [1.807, 2.05) is 0 Å². The van der Waals surface area contributed by atoms with E-state index in [9.17, 15) is 0 Å². The van der Waals surface area contributed by atoms with Gasteiger partial charge >= 0.3 is 0 Å². The van der Waals surface area contributed by atoms with Crippen LogP contribution in [0.1, 0.15) is 58.6 Å². The van der Waals surface area contributed by atoms with Crippen molar-refractivity contribution in [3.63, 3.8) is 0 Å². The highest BCUT2D eigenvalue weighted by atomic mass is 16.5. The Hall–Kier alpha value is -1.26. The van der Waals surface area contributed by atoms with Crippen molar-refractivity contribution in [1.29, 1.82) is 0 Å². The first kappa shape index (κ1) is 20.1. The zero-order chi connectivity index (χ0) is 18.6. The number of hydrogen-bond donors (Lipinski definition) is 1. The van der Waals surface area contributed by atoms with Crippen LogP contribution < -0.4 is 10.5 Å². The number of hydrogen-bond acceptors (Lipinski definition) is 4. The Kier molecular flexibility index (Phi) is 6.75. The maximum Gasteiger partial charge on any atom is 0.146 e. The Morgan fingerprint density at radius 1 is 1.16 bits per heavy atom. The second-order valence-electron chi connectivity index (χ2n) is 8.24. The molecule has 4 nitrogen and oxygen atoms in total. The molecule has 1 saturated heterocycles. The molecule has 0 unspecified atom stereocenters. The Morgan fingerprint density at radius 2 is 1.76 bits per heavy atom. The summed E-state index contributed by atoms with van der Waals surface area (Å²) in [5.74, 6) is 0.846. The Bertz CT molecular complexity index is 553. The van der Waals surface area contributed by atoms with Crippen molar-refractivity contribution in [3.05, 3.63) is 23.3 Å². The summed E-state index contributed by atoms with van der Waals surface area (Å²) in [6, 6.07) is 5.08. The predicted octanol–water partition coefficient (Wildman–Crippen LogP) is 3.88. The molecule has 25 heavy (non-hydrogen) atoms. The zero-order valence-electron chi connectivity index (χ0n) is 17.1. The molecule has 2 N–H and O–H groups in total. The standard InChI is InChI=1S/C21H37N3O/c1-7-24(8-2)18-9-11-23(12-10-18)15-16-13-17(21(3,4)5)14-19(22)20(16)25-6/h13-14,18H,7-12,15,22H2,1-6H3. The van der Waals surface area contributed by atoms with E-state index in [1.54, 1.807) is 7.11 Å². The molecule has 0 aromatic heterocycles. The van der Waals surface area contributed by atoms with Crippen LogP contribution in [0.2, 0.25) is 0 Å². The average Bonchev–Trinajstić information content (AvgIpc) is 2.56. The van der Waals surface area contributed by atoms with Gasteiger partial charge in [-0.2, -0.15) is 0 Å². The monoisotopic (exact) mass is 347 g/mol. The van der Waals surface area contributed by atoms with Gasteiger partial charge < -0.3 is 15.4 Å². The molecule has 0 aliphatic carbocycles. The third kappa shape index (κ3) is 4.89. The molecule has 2 rings (SSSR count). The van der Waals surface area contributed by atoms with E-state index in [4.69, 9.17) is 10.5 Å². The quantitative estimate of drug-likeness (QED) is 0.793. The van der Waals surface area contributed by atoms with Crippen molar-refractivity contribution < 1.29 is 4.74 Å². The normalized spacial score (nSPS) is 17.2. The first-order valence-electron chi connectivity index (χ1n) is 9.73. The second-order valence-corrected chi connectivity index (χ2v) is 8.24. The molecule has 1 aromatic rings. The van der Waals surface area contributed by atoms with E-state index in [1.165, 1.54) is 24.0 Å². The van der Waals surface area contributed by atoms with Crippen molar-refractivity contribution in [3.8, 4) is 5.75 Å². The number of nitrogens with zero attached hydrogens (tertiary/aromatic N) is 2. The minimum Gasteiger partial charge on any atom is -0.494 e. The van der Waals surface area contributed by atoms with E-state index in [0.717, 1.165) is 50.2 Å². The molecule has 1 aliphatic rings. The number of methoxy groups -OCH3 is 1. The first-order chi connectivity index (χ1) is 11.8. The smallest absolute Gasteiger partial charge is 0.146 e. The van der Waals surface area contributed by atoms with Crippen molar-refractivity contribution >= 4 is 5.69 Å². The molecule has 0 saturated carbocycles. The van der Waals surface area contributed by atoms with Crippen molar-refractivity contribution in [1.82, 2.24) is 9.80 Å². The average molecular weight is 348 g/mol. The van der Waals surface area contributed by atoms with Crippen LogP contribution in [0.3, 0.4) is 0 Å². The van der Waals surface area contributed by atoms with Gasteiger partial charge in [0.05, 0.1) is 12.8 Å². The minimum atomic E-state index is 0.0882. The highest BCUT2D eigenvalue weighted by Crippen LogP contribution is 2.34. The fraction of sp³-hybridized carbons (Fsp3) is 0.714. The van der Waals surface area contributed by atoms with Gasteiger partial charge in [0.2, 0.25) is 0 Å². The van der Waals surface area contributed by atoms with Gasteiger partial charge in [0.1, 0.15) is 5.75 Å². The summed E-state index contributed by atoms with van der Waals surface area (Å²) in [6.07, 6.45) is 2.50. The van der Waals surface area contributed by atoms with E-state index in [0.29, 0.717) is 0 Å². The molecule has 0 radical (unpaired) electrons. The summed E-state index contributed by atoms with van der Waals surface area (Å²) in [5, 5.41) is 0. The summed E-state index contributed by atoms with van der Waals surface area (Å²) < 4.78 is 5.62. The Morgan fingerprint density at radius 3 is 2.24 bits per heavy atom. The van der Waals surface area contributed by atoms with Crippen LogP contribution in [0.25, 0.3) is 0 Å². The van der Waals surface area contributed by atoms with Crippen LogP contribution in [0, 0.1) is 0 Å². The van der Waals surface area contributed by atoms with Crippen molar-refractivity contribution in [2.24, 2.45) is 0 Å². The number of nitrogens with two attached hydrogens (primary N) is 1. The minimum absolute atomic E-state index is 0.0882. The molecule has 0 amide bonds. The van der Waals surface area contributed by atoms with Gasteiger partial charge in [-0.1, -0.05) is 40.7 Å². The van der Waals surface area contributed by atoms with Gasteiger partial charge in [-0.3, -0.25) is 4.90 Å². The van der Waals surface area contributed by atoms with E-state index >= 15 is 0 Å². The molecule has 0 atom stereocenters. The van der Waals surface area contributed by atoms with Crippen LogP contribution in [0.15, 0.2) is 12.1 Å². The van der Waals surface area contributed by atoms with Gasteiger partial charge in [0.15, 0.2) is 0 Å². The van der Waals surface area contributed by atoms with Crippen LogP contribution in [0.4, 0.5) is 5.69 Å². The summed E-state index contributed by atoms with van der Waals surface area (Å²) in [4.78, 5) is 5.14. The molecule has 1 fully saturated rings. The number of ether oxygens (including phenoxy) is 1. The lowest BCUT2D eigenvalue weighted by molar-refractivity contribution is 0.112. The molecule has 0 spiro atoms. The lowest BCUT2D eigenvalue weighted by atomic mass is 9.85. The van der Waals surface area contributed by atoms with Gasteiger partial charge in [-0.25, -0.2) is 0 Å². The molecule has 0 bridgehead atoms. The second kappa shape index (κ2) is 8.41. The van der Waals surface area contributed by atoms with Gasteiger partial charge in [-0.05, 0) is 56.1 Å². The summed E-state index contributed by atoms with van der Waals surface area (Å²) >= 11 is 0. The largest absolute Gasteiger partial charge is 0.494 e. The highest BCUT2D eigenvalue weighted by Gasteiger charge is 2.25. The molecule has 142 valence electrons. The summed E-state index contributed by atoms with van der Waals surface area (Å²) in [7, 11) is 1.72. The lowest BCUT2D eigenvalue weighted by Crippen LogP contribution is -2.44. The fourth-order valence-corrected chi connectivity index (χ4v) is 3.94. The molecular formula is C21H37N3O. The topological polar surface area (TPSA) is 41.7 Å². The number of likely N-dealkylation sites (tertiary alicyclic amines) is 1. The SMILES string of the molecule is CCN(CC)C1CCN(Cc2cc(C(C)(C)C)cc(N)c2OC)CC1. The maximum absolute atomic E-state index is 6.28. The Labute approximate surface area is 154 Å². The van der Waals surface area contributed by atoms with E-state index < -0.39 is 0 Å². The molecule has 1 aromatic carbocycles. The highest BCUT2D eigenvalue weighted by molar-refractivity contribution is 5.60. The number of nitrogen functional groups attached to an aromatic ring is 1. The molecule has 1 aliphatic heterocycles. The third-order valence-electron chi connectivity index (χ3n) is 5.54. The first-order valence-corrected chi connectivity index (χ1v) is 9.73. The van der Waals surface area contributed by atoms with E-state index in [-0.39, 0.29) is 5.41 Å². The molecule has 4 heteroatoms. The predicted molar refractivity (Wildman–Crippen MR) is 107 cm³/mol. The zero-order valence-corrected chi connectivity index (χ0v) is 17.1. The van der Waals surface area contributed by atoms with Crippen LogP contribution in [-0.2, 0) is 12.0 Å². The van der Waals surface area contributed by atoms with Crippen LogP contribution in [-0.4, -0.2) is 49.1 Å². The maximum atomic E-state index is 6.28. The van der Waals surface area contributed by atoms with Gasteiger partial charge in [-0.15, -0.1) is 0 Å². The van der Waals surface area contributed by atoms with Crippen LogP contribution >= 0.6 is 0 Å². The molecule has 1 heterocycles. The van der Waals surface area contributed by atoms with Crippen molar-refractivity contribution in [2.75, 3.05) is 39.0 Å². The van der Waals surface area contributed by atoms with Crippen LogP contribution in [0.5, 0.6) is 5.75 Å². The molecular weight excluding hydrogens is 310 g/mol. The lowest BCUT2D eigenvalue weighted by Gasteiger charge is -2.38. The fourth-order valence-electron chi connectivity index (χ4n) is 3.94. The van der Waals surface area contributed by atoms with E-state index in [2.05, 4.69) is 56.6 Å². The van der Waals surface area contributed by atoms with Gasteiger partial charge in [0.25, 0.3) is 0 Å². The number of piperidine rings is 1. The number of rotatable bonds is 6. The summed E-state index contributed by atoms with van der Waals surface area (Å²) in [6.45, 7) is 16.7. The number of benzene rings is 1. The third-order valence-corrected chi connectivity index (χ3v) is 5.54. The van der Waals surface area contributed by atoms with Crippen molar-refractivity contribution in [2.45, 2.75) is 65.5 Å². The summed E-state index contributed by atoms with van der Waals surface area (Å²) in [5.41, 5.74) is 9.62. The Balaban J connectivity index is 2.11. The number of anilines is 1. The van der Waals surface area contributed by atoms with Gasteiger partial charge in [0, 0.05) is 18.2 Å².